The minimum Gasteiger partial charge on any atom is -0.353 e. The number of benzene rings is 1. The molecule has 8 heteroatoms. The van der Waals surface area contributed by atoms with Crippen LogP contribution in [0.15, 0.2) is 23.1 Å². The molecule has 1 aromatic carbocycles. The van der Waals surface area contributed by atoms with Crippen molar-refractivity contribution in [2.45, 2.75) is 62.8 Å². The topological polar surface area (TPSA) is 95.6 Å². The molecule has 7 nitrogen and oxygen atoms in total. The number of aryl methyl sites for hydroxylation is 1. The van der Waals surface area contributed by atoms with Gasteiger partial charge in [-0.2, -0.15) is 0 Å². The van der Waals surface area contributed by atoms with Crippen LogP contribution in [-0.2, 0) is 14.8 Å². The van der Waals surface area contributed by atoms with E-state index in [9.17, 15) is 18.0 Å². The molecule has 0 aromatic heterocycles. The van der Waals surface area contributed by atoms with Crippen molar-refractivity contribution in [2.75, 3.05) is 20.1 Å². The van der Waals surface area contributed by atoms with Crippen LogP contribution in [0.1, 0.15) is 60.9 Å². The molecule has 1 aromatic rings. The Morgan fingerprint density at radius 1 is 1.03 bits per heavy atom. The van der Waals surface area contributed by atoms with Crippen LogP contribution in [0.3, 0.4) is 0 Å². The van der Waals surface area contributed by atoms with Gasteiger partial charge < -0.3 is 10.2 Å². The van der Waals surface area contributed by atoms with E-state index in [1.165, 1.54) is 25.6 Å². The second-order valence-electron chi connectivity index (χ2n) is 8.09. The Labute approximate surface area is 173 Å². The molecular weight excluding hydrogens is 390 g/mol. The van der Waals surface area contributed by atoms with Crippen molar-refractivity contribution < 1.29 is 18.0 Å². The van der Waals surface area contributed by atoms with Gasteiger partial charge in [-0.05, 0) is 57.4 Å². The highest BCUT2D eigenvalue weighted by atomic mass is 32.2. The fraction of sp³-hybridized carbons (Fsp3) is 0.619. The van der Waals surface area contributed by atoms with E-state index in [4.69, 9.17) is 0 Å². The van der Waals surface area contributed by atoms with Gasteiger partial charge in [0.05, 0.1) is 4.90 Å². The normalized spacial score (nSPS) is 19.2. The zero-order valence-electron chi connectivity index (χ0n) is 17.2. The maximum absolute atomic E-state index is 13.0. The van der Waals surface area contributed by atoms with Gasteiger partial charge in [-0.3, -0.25) is 9.59 Å². The Morgan fingerprint density at radius 3 is 2.31 bits per heavy atom. The molecule has 2 aliphatic rings. The molecule has 1 aliphatic heterocycles. The number of carbonyl (C=O) groups excluding carboxylic acids is 2. The second kappa shape index (κ2) is 9.26. The number of carbonyl (C=O) groups is 2. The van der Waals surface area contributed by atoms with Crippen LogP contribution in [-0.4, -0.2) is 51.3 Å². The fourth-order valence-corrected chi connectivity index (χ4v) is 4.95. The highest BCUT2D eigenvalue weighted by molar-refractivity contribution is 7.89. The summed E-state index contributed by atoms with van der Waals surface area (Å²) in [5, 5.41) is 3.17. The van der Waals surface area contributed by atoms with Gasteiger partial charge in [-0.15, -0.1) is 0 Å². The van der Waals surface area contributed by atoms with Crippen molar-refractivity contribution in [1.82, 2.24) is 14.9 Å². The number of piperidine rings is 1. The predicted octanol–water partition coefficient (Wildman–Crippen LogP) is 2.20. The van der Waals surface area contributed by atoms with Crippen molar-refractivity contribution in [1.29, 1.82) is 0 Å². The molecule has 1 aliphatic carbocycles. The number of hydrogen-bond acceptors (Lipinski definition) is 4. The number of amides is 2. The Kier molecular flexibility index (Phi) is 6.95. The second-order valence-corrected chi connectivity index (χ2v) is 9.98. The van der Waals surface area contributed by atoms with Crippen LogP contribution in [0, 0.1) is 12.8 Å². The van der Waals surface area contributed by atoms with E-state index in [-0.39, 0.29) is 28.7 Å². The monoisotopic (exact) mass is 421 g/mol. The smallest absolute Gasteiger partial charge is 0.254 e. The maximum atomic E-state index is 13.0. The highest BCUT2D eigenvalue weighted by Gasteiger charge is 2.28. The molecular formula is C21H31N3O4S. The lowest BCUT2D eigenvalue weighted by atomic mass is 9.88. The van der Waals surface area contributed by atoms with Gasteiger partial charge in [0.25, 0.3) is 5.91 Å². The lowest BCUT2D eigenvalue weighted by Gasteiger charge is -2.34. The summed E-state index contributed by atoms with van der Waals surface area (Å²) in [7, 11) is -2.25. The predicted molar refractivity (Wildman–Crippen MR) is 111 cm³/mol. The quantitative estimate of drug-likeness (QED) is 0.762. The van der Waals surface area contributed by atoms with Gasteiger partial charge in [0, 0.05) is 30.6 Å². The summed E-state index contributed by atoms with van der Waals surface area (Å²) in [6, 6.07) is 4.71. The minimum absolute atomic E-state index is 0.0866. The van der Waals surface area contributed by atoms with E-state index < -0.39 is 10.0 Å². The van der Waals surface area contributed by atoms with Crippen LogP contribution in [0.25, 0.3) is 0 Å². The summed E-state index contributed by atoms with van der Waals surface area (Å²) < 4.78 is 26.4. The Bertz CT molecular complexity index is 855. The van der Waals surface area contributed by atoms with Crippen LogP contribution in [0.2, 0.25) is 0 Å². The molecule has 160 valence electrons. The highest BCUT2D eigenvalue weighted by Crippen LogP contribution is 2.25. The number of nitrogens with zero attached hydrogens (tertiary/aromatic N) is 1. The summed E-state index contributed by atoms with van der Waals surface area (Å²) in [5.41, 5.74) is 1.16. The third-order valence-electron chi connectivity index (χ3n) is 6.12. The Morgan fingerprint density at radius 2 is 1.69 bits per heavy atom. The number of sulfonamides is 1. The van der Waals surface area contributed by atoms with Crippen molar-refractivity contribution in [3.05, 3.63) is 29.3 Å². The molecule has 2 amide bonds. The van der Waals surface area contributed by atoms with E-state index in [1.54, 1.807) is 17.9 Å². The Balaban J connectivity index is 1.60. The molecule has 3 rings (SSSR count). The molecule has 0 unspecified atom stereocenters. The van der Waals surface area contributed by atoms with E-state index >= 15 is 0 Å². The average Bonchev–Trinajstić information content (AvgIpc) is 2.74. The van der Waals surface area contributed by atoms with Crippen molar-refractivity contribution in [2.24, 2.45) is 5.92 Å². The standard InChI is InChI=1S/C21H31N3O4S/c1-15-8-9-18(29(27,28)22-2)14-19(15)21(26)24-12-10-17(11-13-24)23-20(25)16-6-4-3-5-7-16/h8-9,14,16-17,22H,3-7,10-13H2,1-2H3,(H,23,25). The summed E-state index contributed by atoms with van der Waals surface area (Å²) in [6.45, 7) is 2.91. The number of likely N-dealkylation sites (tertiary alicyclic amines) is 1. The van der Waals surface area contributed by atoms with E-state index in [0.717, 1.165) is 44.1 Å². The first-order valence-electron chi connectivity index (χ1n) is 10.5. The van der Waals surface area contributed by atoms with Crippen LogP contribution in [0.5, 0.6) is 0 Å². The molecule has 1 saturated heterocycles. The van der Waals surface area contributed by atoms with Gasteiger partial charge in [0.15, 0.2) is 0 Å². The average molecular weight is 422 g/mol. The summed E-state index contributed by atoms with van der Waals surface area (Å²) in [5.74, 6) is 0.144. The maximum Gasteiger partial charge on any atom is 0.254 e. The van der Waals surface area contributed by atoms with Crippen LogP contribution in [0.4, 0.5) is 0 Å². The fourth-order valence-electron chi connectivity index (χ4n) is 4.20. The molecule has 0 bridgehead atoms. The SMILES string of the molecule is CNS(=O)(=O)c1ccc(C)c(C(=O)N2CCC(NC(=O)C3CCCCC3)CC2)c1. The van der Waals surface area contributed by atoms with Gasteiger partial charge in [0.2, 0.25) is 15.9 Å². The van der Waals surface area contributed by atoms with E-state index in [1.807, 2.05) is 0 Å². The number of hydrogen-bond donors (Lipinski definition) is 2. The van der Waals surface area contributed by atoms with Crippen molar-refractivity contribution in [3.8, 4) is 0 Å². The zero-order valence-corrected chi connectivity index (χ0v) is 18.1. The van der Waals surface area contributed by atoms with Crippen molar-refractivity contribution >= 4 is 21.8 Å². The third kappa shape index (κ3) is 5.17. The largest absolute Gasteiger partial charge is 0.353 e. The van der Waals surface area contributed by atoms with Gasteiger partial charge in [-0.25, -0.2) is 13.1 Å². The Hall–Kier alpha value is -1.93. The lowest BCUT2D eigenvalue weighted by molar-refractivity contribution is -0.126. The summed E-state index contributed by atoms with van der Waals surface area (Å²) in [6.07, 6.45) is 6.89. The van der Waals surface area contributed by atoms with E-state index in [2.05, 4.69) is 10.0 Å². The lowest BCUT2D eigenvalue weighted by Crippen LogP contribution is -2.48. The number of rotatable bonds is 5. The van der Waals surface area contributed by atoms with Crippen LogP contribution >= 0.6 is 0 Å². The molecule has 2 fully saturated rings. The molecule has 1 saturated carbocycles. The van der Waals surface area contributed by atoms with Crippen molar-refractivity contribution in [3.63, 3.8) is 0 Å². The molecule has 0 radical (unpaired) electrons. The van der Waals surface area contributed by atoms with Gasteiger partial charge in [-0.1, -0.05) is 25.3 Å². The summed E-state index contributed by atoms with van der Waals surface area (Å²) in [4.78, 5) is 27.3. The first kappa shape index (κ1) is 21.8. The molecule has 1 heterocycles. The zero-order chi connectivity index (χ0) is 21.0. The molecule has 0 atom stereocenters. The molecule has 2 N–H and O–H groups in total. The van der Waals surface area contributed by atoms with E-state index in [0.29, 0.717) is 18.7 Å². The van der Waals surface area contributed by atoms with Gasteiger partial charge in [0.1, 0.15) is 0 Å². The minimum atomic E-state index is -3.60. The van der Waals surface area contributed by atoms with Crippen LogP contribution < -0.4 is 10.0 Å². The van der Waals surface area contributed by atoms with Gasteiger partial charge >= 0.3 is 0 Å². The molecule has 0 spiro atoms. The first-order valence-corrected chi connectivity index (χ1v) is 11.9. The third-order valence-corrected chi connectivity index (χ3v) is 7.53. The summed E-state index contributed by atoms with van der Waals surface area (Å²) >= 11 is 0. The number of nitrogens with one attached hydrogen (secondary N) is 2. The molecule has 29 heavy (non-hydrogen) atoms. The first-order chi connectivity index (χ1) is 13.8.